The summed E-state index contributed by atoms with van der Waals surface area (Å²) in [6, 6.07) is 17.1. The second-order valence-corrected chi connectivity index (χ2v) is 6.40. The molecule has 0 bridgehead atoms. The van der Waals surface area contributed by atoms with Crippen molar-refractivity contribution in [1.29, 1.82) is 0 Å². The third-order valence-corrected chi connectivity index (χ3v) is 4.69. The SMILES string of the molecule is CCNS(=O)(=O)c1ccccc1NCCc1ccccc1. The largest absolute Gasteiger partial charge is 0.384 e. The van der Waals surface area contributed by atoms with Crippen LogP contribution >= 0.6 is 0 Å². The Balaban J connectivity index is 2.07. The van der Waals surface area contributed by atoms with E-state index in [2.05, 4.69) is 22.2 Å². The van der Waals surface area contributed by atoms with E-state index < -0.39 is 10.0 Å². The molecule has 2 rings (SSSR count). The van der Waals surface area contributed by atoms with Crippen molar-refractivity contribution in [3.05, 3.63) is 60.2 Å². The Hall–Kier alpha value is -1.85. The maximum atomic E-state index is 12.1. The molecule has 0 heterocycles. The molecule has 0 amide bonds. The van der Waals surface area contributed by atoms with Gasteiger partial charge < -0.3 is 5.32 Å². The molecule has 0 fully saturated rings. The molecule has 0 spiro atoms. The zero-order valence-electron chi connectivity index (χ0n) is 12.0. The molecule has 4 nitrogen and oxygen atoms in total. The van der Waals surface area contributed by atoms with Gasteiger partial charge in [-0.1, -0.05) is 49.4 Å². The number of benzene rings is 2. The molecular weight excluding hydrogens is 284 g/mol. The number of hydrogen-bond acceptors (Lipinski definition) is 3. The van der Waals surface area contributed by atoms with E-state index in [1.165, 1.54) is 5.56 Å². The van der Waals surface area contributed by atoms with Gasteiger partial charge in [0.2, 0.25) is 10.0 Å². The van der Waals surface area contributed by atoms with Crippen molar-refractivity contribution >= 4 is 15.7 Å². The summed E-state index contributed by atoms with van der Waals surface area (Å²) in [5.74, 6) is 0. The lowest BCUT2D eigenvalue weighted by atomic mass is 10.1. The molecule has 2 N–H and O–H groups in total. The van der Waals surface area contributed by atoms with Crippen LogP contribution in [0.25, 0.3) is 0 Å². The fourth-order valence-corrected chi connectivity index (χ4v) is 3.32. The van der Waals surface area contributed by atoms with E-state index in [1.54, 1.807) is 25.1 Å². The van der Waals surface area contributed by atoms with Gasteiger partial charge in [-0.25, -0.2) is 13.1 Å². The molecule has 0 saturated carbocycles. The molecule has 0 unspecified atom stereocenters. The number of hydrogen-bond donors (Lipinski definition) is 2. The van der Waals surface area contributed by atoms with Crippen LogP contribution in [0.15, 0.2) is 59.5 Å². The van der Waals surface area contributed by atoms with Crippen molar-refractivity contribution in [3.63, 3.8) is 0 Å². The monoisotopic (exact) mass is 304 g/mol. The van der Waals surface area contributed by atoms with Crippen LogP contribution in [0.2, 0.25) is 0 Å². The van der Waals surface area contributed by atoms with Crippen molar-refractivity contribution in [2.45, 2.75) is 18.2 Å². The summed E-state index contributed by atoms with van der Waals surface area (Å²) in [6.07, 6.45) is 0.844. The van der Waals surface area contributed by atoms with Gasteiger partial charge in [-0.3, -0.25) is 0 Å². The molecule has 0 aliphatic rings. The Morgan fingerprint density at radius 3 is 2.33 bits per heavy atom. The molecule has 2 aromatic rings. The van der Waals surface area contributed by atoms with Gasteiger partial charge in [-0.15, -0.1) is 0 Å². The number of para-hydroxylation sites is 1. The van der Waals surface area contributed by atoms with Crippen molar-refractivity contribution in [1.82, 2.24) is 4.72 Å². The van der Waals surface area contributed by atoms with Gasteiger partial charge >= 0.3 is 0 Å². The van der Waals surface area contributed by atoms with Gasteiger partial charge in [0.1, 0.15) is 4.90 Å². The third kappa shape index (κ3) is 4.31. The standard InChI is InChI=1S/C16H20N2O2S/c1-2-18-21(19,20)16-11-7-6-10-15(16)17-13-12-14-8-4-3-5-9-14/h3-11,17-18H,2,12-13H2,1H3. The highest BCUT2D eigenvalue weighted by atomic mass is 32.2. The van der Waals surface area contributed by atoms with Gasteiger partial charge in [0.05, 0.1) is 5.69 Å². The Kier molecular flexibility index (Phi) is 5.36. The molecule has 0 saturated heterocycles. The van der Waals surface area contributed by atoms with Crippen molar-refractivity contribution in [2.24, 2.45) is 0 Å². The lowest BCUT2D eigenvalue weighted by Gasteiger charge is -2.12. The maximum Gasteiger partial charge on any atom is 0.242 e. The van der Waals surface area contributed by atoms with Gasteiger partial charge in [-0.2, -0.15) is 0 Å². The van der Waals surface area contributed by atoms with Crippen molar-refractivity contribution in [2.75, 3.05) is 18.4 Å². The van der Waals surface area contributed by atoms with E-state index in [0.29, 0.717) is 23.7 Å². The lowest BCUT2D eigenvalue weighted by molar-refractivity contribution is 0.584. The van der Waals surface area contributed by atoms with E-state index in [9.17, 15) is 8.42 Å². The van der Waals surface area contributed by atoms with Crippen molar-refractivity contribution < 1.29 is 8.42 Å². The Morgan fingerprint density at radius 2 is 1.62 bits per heavy atom. The number of sulfonamides is 1. The highest BCUT2D eigenvalue weighted by molar-refractivity contribution is 7.89. The van der Waals surface area contributed by atoms with E-state index >= 15 is 0 Å². The van der Waals surface area contributed by atoms with E-state index in [4.69, 9.17) is 0 Å². The summed E-state index contributed by atoms with van der Waals surface area (Å²) < 4.78 is 26.8. The van der Waals surface area contributed by atoms with Crippen LogP contribution < -0.4 is 10.0 Å². The Morgan fingerprint density at radius 1 is 0.952 bits per heavy atom. The average Bonchev–Trinajstić information content (AvgIpc) is 2.49. The lowest BCUT2D eigenvalue weighted by Crippen LogP contribution is -2.24. The van der Waals surface area contributed by atoms with Gasteiger partial charge in [-0.05, 0) is 24.1 Å². The molecule has 0 aliphatic carbocycles. The zero-order chi connectivity index (χ0) is 15.1. The fourth-order valence-electron chi connectivity index (χ4n) is 2.10. The first-order chi connectivity index (χ1) is 10.1. The summed E-state index contributed by atoms with van der Waals surface area (Å²) in [6.45, 7) is 2.83. The van der Waals surface area contributed by atoms with Crippen LogP contribution in [-0.2, 0) is 16.4 Å². The molecule has 0 aliphatic heterocycles. The van der Waals surface area contributed by atoms with E-state index in [1.807, 2.05) is 24.3 Å². The molecule has 0 aromatic heterocycles. The van der Waals surface area contributed by atoms with E-state index in [0.717, 1.165) is 6.42 Å². The predicted octanol–water partition coefficient (Wildman–Crippen LogP) is 2.64. The van der Waals surface area contributed by atoms with Crippen LogP contribution in [0, 0.1) is 0 Å². The minimum atomic E-state index is -3.45. The van der Waals surface area contributed by atoms with Crippen LogP contribution in [0.5, 0.6) is 0 Å². The summed E-state index contributed by atoms with van der Waals surface area (Å²) in [7, 11) is -3.45. The first-order valence-electron chi connectivity index (χ1n) is 7.00. The Labute approximate surface area is 126 Å². The summed E-state index contributed by atoms with van der Waals surface area (Å²) >= 11 is 0. The topological polar surface area (TPSA) is 58.2 Å². The maximum absolute atomic E-state index is 12.1. The van der Waals surface area contributed by atoms with Crippen LogP contribution in [0.4, 0.5) is 5.69 Å². The first kappa shape index (κ1) is 15.5. The van der Waals surface area contributed by atoms with Crippen LogP contribution in [0.1, 0.15) is 12.5 Å². The fraction of sp³-hybridized carbons (Fsp3) is 0.250. The molecular formula is C16H20N2O2S. The highest BCUT2D eigenvalue weighted by Gasteiger charge is 2.16. The van der Waals surface area contributed by atoms with Crippen LogP contribution in [-0.4, -0.2) is 21.5 Å². The second-order valence-electron chi connectivity index (χ2n) is 4.66. The number of nitrogens with one attached hydrogen (secondary N) is 2. The smallest absolute Gasteiger partial charge is 0.242 e. The Bertz CT molecular complexity index is 670. The third-order valence-electron chi connectivity index (χ3n) is 3.08. The summed E-state index contributed by atoms with van der Waals surface area (Å²) in [5, 5.41) is 3.21. The second kappa shape index (κ2) is 7.24. The molecule has 112 valence electrons. The first-order valence-corrected chi connectivity index (χ1v) is 8.48. The molecule has 0 atom stereocenters. The molecule has 21 heavy (non-hydrogen) atoms. The van der Waals surface area contributed by atoms with Gasteiger partial charge in [0, 0.05) is 13.1 Å². The molecule has 5 heteroatoms. The van der Waals surface area contributed by atoms with Gasteiger partial charge in [0.25, 0.3) is 0 Å². The predicted molar refractivity (Wildman–Crippen MR) is 85.9 cm³/mol. The highest BCUT2D eigenvalue weighted by Crippen LogP contribution is 2.20. The van der Waals surface area contributed by atoms with E-state index in [-0.39, 0.29) is 0 Å². The zero-order valence-corrected chi connectivity index (χ0v) is 12.9. The number of anilines is 1. The summed E-state index contributed by atoms with van der Waals surface area (Å²) in [5.41, 5.74) is 1.85. The van der Waals surface area contributed by atoms with Crippen LogP contribution in [0.3, 0.4) is 0 Å². The van der Waals surface area contributed by atoms with Gasteiger partial charge in [0.15, 0.2) is 0 Å². The van der Waals surface area contributed by atoms with Crippen molar-refractivity contribution in [3.8, 4) is 0 Å². The molecule has 2 aromatic carbocycles. The minimum absolute atomic E-state index is 0.292. The summed E-state index contributed by atoms with van der Waals surface area (Å²) in [4.78, 5) is 0.292. The minimum Gasteiger partial charge on any atom is -0.384 e. The average molecular weight is 304 g/mol. The molecule has 0 radical (unpaired) electrons. The number of rotatable bonds is 7. The normalized spacial score (nSPS) is 11.3. The quantitative estimate of drug-likeness (QED) is 0.827.